The number of benzene rings is 1. The van der Waals surface area contributed by atoms with Gasteiger partial charge < -0.3 is 0 Å². The third kappa shape index (κ3) is 2.66. The fourth-order valence-electron chi connectivity index (χ4n) is 1.54. The van der Waals surface area contributed by atoms with Gasteiger partial charge in [0.15, 0.2) is 5.78 Å². The van der Waals surface area contributed by atoms with Gasteiger partial charge in [-0.25, -0.2) is 0 Å². The van der Waals surface area contributed by atoms with Gasteiger partial charge in [0.05, 0.1) is 6.04 Å². The van der Waals surface area contributed by atoms with Gasteiger partial charge in [-0.2, -0.15) is 0 Å². The molecule has 0 bridgehead atoms. The van der Waals surface area contributed by atoms with E-state index < -0.39 is 0 Å². The second-order valence-electron chi connectivity index (χ2n) is 3.53. The van der Waals surface area contributed by atoms with Crippen molar-refractivity contribution in [2.24, 2.45) is 0 Å². The maximum absolute atomic E-state index is 11.4. The molecule has 14 heavy (non-hydrogen) atoms. The lowest BCUT2D eigenvalue weighted by Gasteiger charge is -2.21. The molecule has 1 unspecified atom stereocenters. The summed E-state index contributed by atoms with van der Waals surface area (Å²) < 4.78 is 1.03. The van der Waals surface area contributed by atoms with Gasteiger partial charge in [-0.1, -0.05) is 28.1 Å². The van der Waals surface area contributed by atoms with Gasteiger partial charge in [0.25, 0.3) is 0 Å². The molecule has 0 aliphatic rings. The van der Waals surface area contributed by atoms with Gasteiger partial charge in [0.1, 0.15) is 0 Å². The number of halogens is 1. The first-order valence-electron chi connectivity index (χ1n) is 4.44. The summed E-state index contributed by atoms with van der Waals surface area (Å²) in [6, 6.07) is 7.71. The molecular formula is C11H14BrNO. The minimum Gasteiger partial charge on any atom is -0.298 e. The molecule has 0 heterocycles. The molecule has 0 fully saturated rings. The van der Waals surface area contributed by atoms with Gasteiger partial charge in [-0.3, -0.25) is 9.69 Å². The van der Waals surface area contributed by atoms with Crippen LogP contribution in [-0.2, 0) is 4.79 Å². The first kappa shape index (κ1) is 11.4. The summed E-state index contributed by atoms with van der Waals surface area (Å²) in [5, 5.41) is 0. The number of rotatable bonds is 3. The van der Waals surface area contributed by atoms with E-state index in [0.29, 0.717) is 0 Å². The van der Waals surface area contributed by atoms with Crippen molar-refractivity contribution in [1.29, 1.82) is 0 Å². The van der Waals surface area contributed by atoms with Crippen LogP contribution in [0.15, 0.2) is 28.7 Å². The van der Waals surface area contributed by atoms with E-state index in [1.54, 1.807) is 6.92 Å². The zero-order chi connectivity index (χ0) is 10.7. The van der Waals surface area contributed by atoms with E-state index >= 15 is 0 Å². The number of Topliss-reactive ketones (excluding diaryl/α,β-unsaturated/α-hetero) is 1. The van der Waals surface area contributed by atoms with Crippen LogP contribution in [0.1, 0.15) is 18.5 Å². The van der Waals surface area contributed by atoms with Crippen LogP contribution in [0.3, 0.4) is 0 Å². The highest BCUT2D eigenvalue weighted by molar-refractivity contribution is 9.10. The Morgan fingerprint density at radius 1 is 1.29 bits per heavy atom. The van der Waals surface area contributed by atoms with E-state index in [9.17, 15) is 4.79 Å². The van der Waals surface area contributed by atoms with Crippen molar-refractivity contribution in [1.82, 2.24) is 4.90 Å². The zero-order valence-corrected chi connectivity index (χ0v) is 10.2. The third-order valence-corrected chi connectivity index (χ3v) is 2.62. The lowest BCUT2D eigenvalue weighted by Crippen LogP contribution is -2.25. The average Bonchev–Trinajstić information content (AvgIpc) is 2.07. The Balaban J connectivity index is 3.00. The molecule has 1 aromatic rings. The molecule has 1 rings (SSSR count). The monoisotopic (exact) mass is 255 g/mol. The highest BCUT2D eigenvalue weighted by Gasteiger charge is 2.18. The summed E-state index contributed by atoms with van der Waals surface area (Å²) in [7, 11) is 3.82. The third-order valence-electron chi connectivity index (χ3n) is 2.09. The summed E-state index contributed by atoms with van der Waals surface area (Å²) >= 11 is 3.37. The van der Waals surface area contributed by atoms with Gasteiger partial charge in [-0.05, 0) is 38.7 Å². The maximum atomic E-state index is 11.4. The molecule has 1 atom stereocenters. The Kier molecular flexibility index (Phi) is 3.84. The van der Waals surface area contributed by atoms with Crippen molar-refractivity contribution in [3.05, 3.63) is 34.3 Å². The second kappa shape index (κ2) is 4.71. The molecule has 2 nitrogen and oxygen atoms in total. The van der Waals surface area contributed by atoms with E-state index in [1.807, 2.05) is 43.3 Å². The highest BCUT2D eigenvalue weighted by Crippen LogP contribution is 2.21. The Morgan fingerprint density at radius 3 is 2.14 bits per heavy atom. The van der Waals surface area contributed by atoms with Crippen molar-refractivity contribution >= 4 is 21.7 Å². The minimum absolute atomic E-state index is 0.136. The summed E-state index contributed by atoms with van der Waals surface area (Å²) in [5.41, 5.74) is 1.03. The number of likely N-dealkylation sites (N-methyl/N-ethyl adjacent to an activating group) is 1. The molecule has 0 aromatic heterocycles. The number of ketones is 1. The van der Waals surface area contributed by atoms with Crippen molar-refractivity contribution in [3.8, 4) is 0 Å². The van der Waals surface area contributed by atoms with E-state index in [-0.39, 0.29) is 11.8 Å². The Bertz CT molecular complexity index is 319. The molecule has 0 saturated carbocycles. The predicted octanol–water partition coefficient (Wildman–Crippen LogP) is 2.64. The Morgan fingerprint density at radius 2 is 1.79 bits per heavy atom. The quantitative estimate of drug-likeness (QED) is 0.828. The van der Waals surface area contributed by atoms with Crippen LogP contribution >= 0.6 is 15.9 Å². The van der Waals surface area contributed by atoms with Crippen LogP contribution in [0.2, 0.25) is 0 Å². The van der Waals surface area contributed by atoms with Crippen LogP contribution in [0.4, 0.5) is 0 Å². The van der Waals surface area contributed by atoms with E-state index in [4.69, 9.17) is 0 Å². The molecule has 0 saturated heterocycles. The van der Waals surface area contributed by atoms with Crippen LogP contribution in [-0.4, -0.2) is 24.8 Å². The van der Waals surface area contributed by atoms with Crippen LogP contribution in [0.25, 0.3) is 0 Å². The summed E-state index contributed by atoms with van der Waals surface area (Å²) in [5.74, 6) is 0.164. The number of hydrogen-bond acceptors (Lipinski definition) is 2. The molecule has 0 amide bonds. The van der Waals surface area contributed by atoms with Gasteiger partial charge >= 0.3 is 0 Å². The molecule has 3 heteroatoms. The van der Waals surface area contributed by atoms with Gasteiger partial charge in [-0.15, -0.1) is 0 Å². The van der Waals surface area contributed by atoms with Crippen molar-refractivity contribution < 1.29 is 4.79 Å². The molecule has 0 aliphatic carbocycles. The molecule has 1 aromatic carbocycles. The first-order valence-corrected chi connectivity index (χ1v) is 5.24. The highest BCUT2D eigenvalue weighted by atomic mass is 79.9. The molecule has 0 aliphatic heterocycles. The first-order chi connectivity index (χ1) is 6.52. The van der Waals surface area contributed by atoms with Crippen molar-refractivity contribution in [3.63, 3.8) is 0 Å². The van der Waals surface area contributed by atoms with Crippen LogP contribution in [0.5, 0.6) is 0 Å². The Hall–Kier alpha value is -0.670. The predicted molar refractivity (Wildman–Crippen MR) is 61.3 cm³/mol. The minimum atomic E-state index is -0.136. The lowest BCUT2D eigenvalue weighted by molar-refractivity contribution is -0.121. The number of carbonyl (C=O) groups excluding carboxylic acids is 1. The average molecular weight is 256 g/mol. The van der Waals surface area contributed by atoms with Gasteiger partial charge in [0.2, 0.25) is 0 Å². The van der Waals surface area contributed by atoms with E-state index in [1.165, 1.54) is 0 Å². The second-order valence-corrected chi connectivity index (χ2v) is 4.44. The van der Waals surface area contributed by atoms with Crippen molar-refractivity contribution in [2.45, 2.75) is 13.0 Å². The zero-order valence-electron chi connectivity index (χ0n) is 8.62. The number of carbonyl (C=O) groups is 1. The number of hydrogen-bond donors (Lipinski definition) is 0. The standard InChI is InChI=1S/C11H14BrNO/c1-8(14)11(13(2)3)9-4-6-10(12)7-5-9/h4-7,11H,1-3H3. The summed E-state index contributed by atoms with van der Waals surface area (Å²) in [6.45, 7) is 1.62. The summed E-state index contributed by atoms with van der Waals surface area (Å²) in [4.78, 5) is 13.3. The topological polar surface area (TPSA) is 20.3 Å². The van der Waals surface area contributed by atoms with Crippen LogP contribution in [0, 0.1) is 0 Å². The summed E-state index contributed by atoms with van der Waals surface area (Å²) in [6.07, 6.45) is 0. The Labute approximate surface area is 93.0 Å². The molecule has 0 N–H and O–H groups in total. The fraction of sp³-hybridized carbons (Fsp3) is 0.364. The smallest absolute Gasteiger partial charge is 0.151 e. The molecular weight excluding hydrogens is 242 g/mol. The van der Waals surface area contributed by atoms with Gasteiger partial charge in [0, 0.05) is 4.47 Å². The maximum Gasteiger partial charge on any atom is 0.151 e. The number of nitrogens with zero attached hydrogens (tertiary/aromatic N) is 1. The molecule has 0 spiro atoms. The normalized spacial score (nSPS) is 12.9. The largest absolute Gasteiger partial charge is 0.298 e. The lowest BCUT2D eigenvalue weighted by atomic mass is 10.0. The molecule has 76 valence electrons. The van der Waals surface area contributed by atoms with Crippen LogP contribution < -0.4 is 0 Å². The fourth-order valence-corrected chi connectivity index (χ4v) is 1.81. The molecule has 0 radical (unpaired) electrons. The SMILES string of the molecule is CC(=O)C(c1ccc(Br)cc1)N(C)C. The van der Waals surface area contributed by atoms with E-state index in [2.05, 4.69) is 15.9 Å². The van der Waals surface area contributed by atoms with Crippen molar-refractivity contribution in [2.75, 3.05) is 14.1 Å². The van der Waals surface area contributed by atoms with E-state index in [0.717, 1.165) is 10.0 Å².